The van der Waals surface area contributed by atoms with Crippen LogP contribution in [0.15, 0.2) is 0 Å². The molecule has 1 saturated heterocycles. The van der Waals surface area contributed by atoms with Crippen molar-refractivity contribution in [3.05, 3.63) is 0 Å². The van der Waals surface area contributed by atoms with Crippen LogP contribution in [0.4, 0.5) is 0 Å². The minimum Gasteiger partial charge on any atom is -0.392 e. The summed E-state index contributed by atoms with van der Waals surface area (Å²) in [5.41, 5.74) is 10.6. The Morgan fingerprint density at radius 1 is 0.885 bits per heavy atom. The molecule has 5 heteroatoms. The molecule has 0 saturated carbocycles. The van der Waals surface area contributed by atoms with Gasteiger partial charge >= 0.3 is 0 Å². The zero-order valence-corrected chi connectivity index (χ0v) is 19.1. The first-order valence-electron chi connectivity index (χ1n) is 10.6. The van der Waals surface area contributed by atoms with Crippen LogP contribution >= 0.6 is 0 Å². The van der Waals surface area contributed by atoms with E-state index in [4.69, 9.17) is 21.3 Å². The van der Waals surface area contributed by atoms with E-state index in [1.807, 2.05) is 0 Å². The van der Waals surface area contributed by atoms with Gasteiger partial charge in [-0.1, -0.05) is 60.8 Å². The highest BCUT2D eigenvalue weighted by Gasteiger charge is 2.13. The number of epoxide rings is 1. The van der Waals surface area contributed by atoms with Gasteiger partial charge in [0.05, 0.1) is 18.8 Å². The number of nitrogens with two attached hydrogens (primary N) is 2. The number of hydrogen-bond acceptors (Lipinski definition) is 5. The molecule has 1 heterocycles. The summed E-state index contributed by atoms with van der Waals surface area (Å²) in [4.78, 5) is 0. The highest BCUT2D eigenvalue weighted by Crippen LogP contribution is 2.04. The second-order valence-corrected chi connectivity index (χ2v) is 7.66. The fourth-order valence-electron chi connectivity index (χ4n) is 1.11. The predicted octanol–water partition coefficient (Wildman–Crippen LogP) is 3.39. The van der Waals surface area contributed by atoms with E-state index in [1.54, 1.807) is 6.92 Å². The first kappa shape index (κ1) is 30.5. The van der Waals surface area contributed by atoms with E-state index in [9.17, 15) is 0 Å². The number of hydrogen-bond donors (Lipinski definition) is 4. The Labute approximate surface area is 164 Å². The van der Waals surface area contributed by atoms with Crippen LogP contribution in [0.1, 0.15) is 74.7 Å². The van der Waals surface area contributed by atoms with E-state index in [1.165, 1.54) is 19.3 Å². The topological polar surface area (TPSA) is 96.8 Å². The average Bonchev–Trinajstić information content (AvgIpc) is 3.43. The summed E-state index contributed by atoms with van der Waals surface area (Å²) in [6, 6.07) is 0. The van der Waals surface area contributed by atoms with Gasteiger partial charge in [0, 0.05) is 6.54 Å². The fourth-order valence-corrected chi connectivity index (χ4v) is 1.11. The first-order valence-corrected chi connectivity index (χ1v) is 10.6. The van der Waals surface area contributed by atoms with Crippen molar-refractivity contribution >= 4 is 0 Å². The lowest BCUT2D eigenvalue weighted by Gasteiger charge is -2.10. The molecule has 0 aromatic heterocycles. The maximum atomic E-state index is 8.88. The molecular formula is C21H51N3O2. The Balaban J connectivity index is -0.000000286. The Hall–Kier alpha value is -0.200. The molecule has 1 aliphatic heterocycles. The van der Waals surface area contributed by atoms with Gasteiger partial charge in [0.15, 0.2) is 0 Å². The number of aliphatic hydroxyl groups excluding tert-OH is 1. The maximum Gasteiger partial charge on any atom is 0.0781 e. The molecule has 5 unspecified atom stereocenters. The van der Waals surface area contributed by atoms with Crippen molar-refractivity contribution in [2.75, 3.05) is 32.8 Å². The Morgan fingerprint density at radius 2 is 1.23 bits per heavy atom. The Bertz CT molecular complexity index is 231. The zero-order chi connectivity index (χ0) is 21.0. The molecule has 0 aromatic rings. The molecular weight excluding hydrogens is 326 g/mol. The predicted molar refractivity (Wildman–Crippen MR) is 116 cm³/mol. The largest absolute Gasteiger partial charge is 0.392 e. The van der Waals surface area contributed by atoms with Crippen LogP contribution in [0.2, 0.25) is 0 Å². The van der Waals surface area contributed by atoms with Gasteiger partial charge in [0.25, 0.3) is 0 Å². The molecule has 0 spiro atoms. The van der Waals surface area contributed by atoms with Gasteiger partial charge in [-0.2, -0.15) is 0 Å². The van der Waals surface area contributed by atoms with Crippen LogP contribution in [0.5, 0.6) is 0 Å². The van der Waals surface area contributed by atoms with Crippen LogP contribution in [0.3, 0.4) is 0 Å². The van der Waals surface area contributed by atoms with Gasteiger partial charge < -0.3 is 26.6 Å². The molecule has 1 fully saturated rings. The molecule has 162 valence electrons. The monoisotopic (exact) mass is 377 g/mol. The smallest absolute Gasteiger partial charge is 0.0781 e. The number of ether oxygens (including phenoxy) is 1. The second kappa shape index (κ2) is 22.8. The summed E-state index contributed by atoms with van der Waals surface area (Å²) in [5.74, 6) is 2.15. The number of nitrogens with one attached hydrogen (secondary N) is 1. The van der Waals surface area contributed by atoms with Crippen LogP contribution in [0, 0.1) is 17.8 Å². The normalized spacial score (nSPS) is 19.3. The van der Waals surface area contributed by atoms with E-state index in [2.05, 4.69) is 53.8 Å². The lowest BCUT2D eigenvalue weighted by atomic mass is 10.1. The number of aliphatic hydroxyl groups is 1. The molecule has 0 amide bonds. The third-order valence-corrected chi connectivity index (χ3v) is 4.33. The third kappa shape index (κ3) is 35.0. The van der Waals surface area contributed by atoms with Crippen molar-refractivity contribution in [2.24, 2.45) is 29.2 Å². The van der Waals surface area contributed by atoms with Crippen molar-refractivity contribution in [3.8, 4) is 0 Å². The molecule has 1 aliphatic rings. The highest BCUT2D eigenvalue weighted by molar-refractivity contribution is 4.58. The van der Waals surface area contributed by atoms with Gasteiger partial charge in [-0.05, 0) is 51.2 Å². The SMILES string of the molecule is CC1CO1.CCC(C)CN.CCC(C)CN.CCC(C)CNCC(C)O. The standard InChI is InChI=1S/C8H19NO.2C5H13N.C3H6O/c1-4-7(2)5-9-6-8(3)10;2*1-3-5(2)4-6;1-3-2-4-3/h7-10H,4-6H2,1-3H3;2*5H,3-4,6H2,1-2H3;3H,2H2,1H3. The van der Waals surface area contributed by atoms with E-state index in [0.717, 1.165) is 32.2 Å². The molecule has 1 rings (SSSR count). The van der Waals surface area contributed by atoms with E-state index in [-0.39, 0.29) is 6.10 Å². The van der Waals surface area contributed by atoms with Crippen LogP contribution in [-0.4, -0.2) is 50.1 Å². The summed E-state index contributed by atoms with van der Waals surface area (Å²) < 4.78 is 4.71. The molecule has 5 nitrogen and oxygen atoms in total. The number of rotatable bonds is 9. The summed E-state index contributed by atoms with van der Waals surface area (Å²) in [6.45, 7) is 21.2. The van der Waals surface area contributed by atoms with Gasteiger partial charge in [0.1, 0.15) is 0 Å². The summed E-state index contributed by atoms with van der Waals surface area (Å²) in [7, 11) is 0. The molecule has 26 heavy (non-hydrogen) atoms. The van der Waals surface area contributed by atoms with Gasteiger partial charge in [0.2, 0.25) is 0 Å². The van der Waals surface area contributed by atoms with Crippen LogP contribution in [-0.2, 0) is 4.74 Å². The first-order chi connectivity index (χ1) is 12.2. The van der Waals surface area contributed by atoms with Crippen LogP contribution < -0.4 is 16.8 Å². The Kier molecular flexibility index (Phi) is 26.8. The van der Waals surface area contributed by atoms with Gasteiger partial charge in [-0.3, -0.25) is 0 Å². The van der Waals surface area contributed by atoms with Crippen molar-refractivity contribution in [3.63, 3.8) is 0 Å². The minimum absolute atomic E-state index is 0.218. The summed E-state index contributed by atoms with van der Waals surface area (Å²) in [6.07, 6.45) is 3.98. The zero-order valence-electron chi connectivity index (χ0n) is 19.1. The molecule has 0 radical (unpaired) electrons. The average molecular weight is 378 g/mol. The second-order valence-electron chi connectivity index (χ2n) is 7.66. The molecule has 0 aliphatic carbocycles. The minimum atomic E-state index is -0.218. The molecule has 5 atom stereocenters. The van der Waals surface area contributed by atoms with E-state index < -0.39 is 0 Å². The fraction of sp³-hybridized carbons (Fsp3) is 1.00. The van der Waals surface area contributed by atoms with E-state index >= 15 is 0 Å². The lowest BCUT2D eigenvalue weighted by Crippen LogP contribution is -2.28. The van der Waals surface area contributed by atoms with Crippen molar-refractivity contribution in [2.45, 2.75) is 86.9 Å². The highest BCUT2D eigenvalue weighted by atomic mass is 16.6. The van der Waals surface area contributed by atoms with Gasteiger partial charge in [-0.25, -0.2) is 0 Å². The van der Waals surface area contributed by atoms with Gasteiger partial charge in [-0.15, -0.1) is 0 Å². The third-order valence-electron chi connectivity index (χ3n) is 4.33. The lowest BCUT2D eigenvalue weighted by molar-refractivity contribution is 0.189. The molecule has 6 N–H and O–H groups in total. The summed E-state index contributed by atoms with van der Waals surface area (Å²) >= 11 is 0. The maximum absolute atomic E-state index is 8.88. The quantitative estimate of drug-likeness (QED) is 0.462. The molecule has 0 aromatic carbocycles. The van der Waals surface area contributed by atoms with Crippen molar-refractivity contribution < 1.29 is 9.84 Å². The Morgan fingerprint density at radius 3 is 1.38 bits per heavy atom. The summed E-state index contributed by atoms with van der Waals surface area (Å²) in [5, 5.41) is 12.1. The van der Waals surface area contributed by atoms with Crippen molar-refractivity contribution in [1.29, 1.82) is 0 Å². The molecule has 0 bridgehead atoms. The van der Waals surface area contributed by atoms with Crippen LogP contribution in [0.25, 0.3) is 0 Å². The van der Waals surface area contributed by atoms with E-state index in [0.29, 0.717) is 24.5 Å². The van der Waals surface area contributed by atoms with Crippen molar-refractivity contribution in [1.82, 2.24) is 5.32 Å².